The quantitative estimate of drug-likeness (QED) is 0.524. The van der Waals surface area contributed by atoms with Gasteiger partial charge in [-0.2, -0.15) is 8.42 Å². The summed E-state index contributed by atoms with van der Waals surface area (Å²) in [6.45, 7) is 0. The van der Waals surface area contributed by atoms with Gasteiger partial charge in [0.05, 0.1) is 5.69 Å². The summed E-state index contributed by atoms with van der Waals surface area (Å²) in [5.41, 5.74) is 4.73. The highest BCUT2D eigenvalue weighted by Gasteiger charge is 2.13. The van der Waals surface area contributed by atoms with Crippen LogP contribution >= 0.6 is 11.3 Å². The lowest BCUT2D eigenvalue weighted by atomic mass is 10.2. The number of nitrogen functional groups attached to an aromatic ring is 1. The molecule has 1 heterocycles. The molecule has 6 nitrogen and oxygen atoms in total. The number of nitrogens with zero attached hydrogens (tertiary/aromatic N) is 1. The van der Waals surface area contributed by atoms with Crippen LogP contribution < -0.4 is 5.73 Å². The highest BCUT2D eigenvalue weighted by atomic mass is 32.2. The average Bonchev–Trinajstić information content (AvgIpc) is 2.46. The molecule has 0 radical (unpaired) electrons. The summed E-state index contributed by atoms with van der Waals surface area (Å²) in [7, 11) is -2.70. The molecule has 1 aromatic rings. The van der Waals surface area contributed by atoms with Gasteiger partial charge in [-0.3, -0.25) is 0 Å². The van der Waals surface area contributed by atoms with Gasteiger partial charge in [0.25, 0.3) is 10.3 Å². The van der Waals surface area contributed by atoms with Crippen molar-refractivity contribution in [2.75, 3.05) is 5.73 Å². The molecule has 0 amide bonds. The van der Waals surface area contributed by atoms with E-state index in [9.17, 15) is 13.2 Å². The van der Waals surface area contributed by atoms with Gasteiger partial charge in [-0.15, -0.1) is 11.3 Å². The molecule has 0 aromatic carbocycles. The first-order valence-corrected chi connectivity index (χ1v) is 5.13. The first-order chi connectivity index (χ1) is 6.50. The van der Waals surface area contributed by atoms with Crippen LogP contribution in [0, 0.1) is 0 Å². The number of aliphatic carboxylic acids is 1. The van der Waals surface area contributed by atoms with Gasteiger partial charge in [-0.1, -0.05) is 0 Å². The van der Waals surface area contributed by atoms with E-state index in [0.29, 0.717) is 0 Å². The molecule has 0 aliphatic carbocycles. The lowest BCUT2D eigenvalue weighted by molar-refractivity contribution is -0.130. The molecule has 0 aliphatic heterocycles. The number of aromatic nitrogens is 1. The number of thiazole rings is 1. The maximum Gasteiger partial charge on any atom is 0.346 e. The molecule has 1 rings (SSSR count). The van der Waals surface area contributed by atoms with E-state index < -0.39 is 21.8 Å². The highest BCUT2D eigenvalue weighted by molar-refractivity contribution is 7.71. The van der Waals surface area contributed by atoms with E-state index in [1.165, 1.54) is 5.38 Å². The van der Waals surface area contributed by atoms with Crippen LogP contribution in [0.3, 0.4) is 0 Å². The summed E-state index contributed by atoms with van der Waals surface area (Å²) in [4.78, 5) is 14.2. The summed E-state index contributed by atoms with van der Waals surface area (Å²) in [6, 6.07) is 0. The van der Waals surface area contributed by atoms with Crippen molar-refractivity contribution in [3.63, 3.8) is 0 Å². The predicted molar refractivity (Wildman–Crippen MR) is 51.5 cm³/mol. The molecule has 0 atom stereocenters. The zero-order chi connectivity index (χ0) is 10.7. The van der Waals surface area contributed by atoms with Gasteiger partial charge in [0.2, 0.25) is 0 Å². The molecule has 0 spiro atoms. The first-order valence-electron chi connectivity index (χ1n) is 3.18. The van der Waals surface area contributed by atoms with Crippen molar-refractivity contribution < 1.29 is 18.3 Å². The van der Waals surface area contributed by atoms with Crippen molar-refractivity contribution in [2.45, 2.75) is 0 Å². The van der Waals surface area contributed by atoms with Crippen molar-refractivity contribution in [3.8, 4) is 0 Å². The summed E-state index contributed by atoms with van der Waals surface area (Å²) >= 11 is 1.02. The van der Waals surface area contributed by atoms with Gasteiger partial charge in [0.1, 0.15) is 5.57 Å². The molecule has 8 heteroatoms. The van der Waals surface area contributed by atoms with Gasteiger partial charge in [-0.05, 0) is 0 Å². The summed E-state index contributed by atoms with van der Waals surface area (Å²) in [5, 5.41) is 11.9. The van der Waals surface area contributed by atoms with E-state index in [0.717, 1.165) is 11.3 Å². The third-order valence-corrected chi connectivity index (χ3v) is 2.22. The lowest BCUT2D eigenvalue weighted by Crippen LogP contribution is -2.01. The maximum absolute atomic E-state index is 10.6. The molecule has 0 fully saturated rings. The van der Waals surface area contributed by atoms with E-state index in [-0.39, 0.29) is 10.8 Å². The minimum atomic E-state index is -2.70. The zero-order valence-electron chi connectivity index (χ0n) is 6.59. The zero-order valence-corrected chi connectivity index (χ0v) is 8.22. The summed E-state index contributed by atoms with van der Waals surface area (Å²) in [5.74, 6) is -1.42. The highest BCUT2D eigenvalue weighted by Crippen LogP contribution is 2.17. The molecular weight excluding hydrogens is 228 g/mol. The SMILES string of the molecule is Nc1nc(C(=C=S(=O)=O)C(=O)O)cs1. The Morgan fingerprint density at radius 2 is 2.29 bits per heavy atom. The van der Waals surface area contributed by atoms with Crippen molar-refractivity contribution in [3.05, 3.63) is 11.1 Å². The van der Waals surface area contributed by atoms with Crippen LogP contribution in [0.2, 0.25) is 0 Å². The Labute approximate surface area is 83.9 Å². The van der Waals surface area contributed by atoms with Crippen LogP contribution in [0.1, 0.15) is 5.69 Å². The lowest BCUT2D eigenvalue weighted by Gasteiger charge is -1.89. The van der Waals surface area contributed by atoms with E-state index in [1.54, 1.807) is 5.02 Å². The third kappa shape index (κ3) is 2.43. The number of hydrogen-bond acceptors (Lipinski definition) is 6. The van der Waals surface area contributed by atoms with Crippen molar-refractivity contribution in [1.82, 2.24) is 4.98 Å². The van der Waals surface area contributed by atoms with Gasteiger partial charge in [0, 0.05) is 10.4 Å². The molecule has 0 aliphatic rings. The Kier molecular flexibility index (Phi) is 3.03. The van der Waals surface area contributed by atoms with Crippen LogP contribution in [-0.2, 0) is 15.1 Å². The number of carboxylic acid groups (broad SMARTS) is 1. The fourth-order valence-corrected chi connectivity index (χ4v) is 1.60. The van der Waals surface area contributed by atoms with Gasteiger partial charge in [0.15, 0.2) is 5.13 Å². The first kappa shape index (κ1) is 10.5. The maximum atomic E-state index is 10.6. The molecule has 0 saturated heterocycles. The largest absolute Gasteiger partial charge is 0.477 e. The van der Waals surface area contributed by atoms with E-state index >= 15 is 0 Å². The Morgan fingerprint density at radius 3 is 2.64 bits per heavy atom. The number of anilines is 1. The predicted octanol–water partition coefficient (Wildman–Crippen LogP) is -0.527. The van der Waals surface area contributed by atoms with Crippen LogP contribution in [0.25, 0.3) is 5.57 Å². The fraction of sp³-hybridized carbons (Fsp3) is 0. The van der Waals surface area contributed by atoms with E-state index in [1.807, 2.05) is 0 Å². The summed E-state index contributed by atoms with van der Waals surface area (Å²) < 4.78 is 20.5. The molecule has 0 unspecified atom stereocenters. The molecular formula is C6H4N2O4S2. The second kappa shape index (κ2) is 4.05. The number of nitrogens with two attached hydrogens (primary N) is 1. The minimum absolute atomic E-state index is 0.01000. The van der Waals surface area contributed by atoms with Crippen LogP contribution in [0.5, 0.6) is 0 Å². The summed E-state index contributed by atoms with van der Waals surface area (Å²) in [6.07, 6.45) is 0. The molecule has 3 N–H and O–H groups in total. The molecule has 0 bridgehead atoms. The van der Waals surface area contributed by atoms with Crippen LogP contribution in [-0.4, -0.2) is 29.5 Å². The Morgan fingerprint density at radius 1 is 1.64 bits per heavy atom. The van der Waals surface area contributed by atoms with Crippen LogP contribution in [0.4, 0.5) is 5.13 Å². The Balaban J connectivity index is 3.43. The minimum Gasteiger partial charge on any atom is -0.477 e. The molecule has 0 saturated carbocycles. The number of carboxylic acids is 1. The standard InChI is InChI=1S/C6H4N2O4S2/c7-6-8-4(1-13-6)3(5(9)10)2-14(11)12/h1H,(H2,7,8)(H,9,10). The second-order valence-electron chi connectivity index (χ2n) is 2.09. The van der Waals surface area contributed by atoms with E-state index in [4.69, 9.17) is 10.8 Å². The van der Waals surface area contributed by atoms with Gasteiger partial charge >= 0.3 is 5.97 Å². The smallest absolute Gasteiger partial charge is 0.346 e. The van der Waals surface area contributed by atoms with Gasteiger partial charge in [-0.25, -0.2) is 9.78 Å². The number of hydrogen-bond donors (Lipinski definition) is 2. The van der Waals surface area contributed by atoms with Crippen molar-refractivity contribution >= 4 is 43.3 Å². The monoisotopic (exact) mass is 232 g/mol. The Bertz CT molecular complexity index is 528. The van der Waals surface area contributed by atoms with Crippen molar-refractivity contribution in [1.29, 1.82) is 0 Å². The molecule has 74 valence electrons. The average molecular weight is 232 g/mol. The van der Waals surface area contributed by atoms with Crippen LogP contribution in [0.15, 0.2) is 5.38 Å². The Hall–Kier alpha value is -1.63. The third-order valence-electron chi connectivity index (χ3n) is 1.18. The normalized spacial score (nSPS) is 9.14. The van der Waals surface area contributed by atoms with Gasteiger partial charge < -0.3 is 10.8 Å². The molecule has 1 aromatic heterocycles. The molecule has 14 heavy (non-hydrogen) atoms. The van der Waals surface area contributed by atoms with Crippen molar-refractivity contribution in [2.24, 2.45) is 0 Å². The second-order valence-corrected chi connectivity index (χ2v) is 3.65. The topological polar surface area (TPSA) is 110 Å². The number of carbonyl (C=O) groups is 1. The fourth-order valence-electron chi connectivity index (χ4n) is 0.691. The van der Waals surface area contributed by atoms with E-state index in [2.05, 4.69) is 4.98 Å². The number of rotatable bonds is 2.